The second-order valence-electron chi connectivity index (χ2n) is 14.9. The fourth-order valence-electron chi connectivity index (χ4n) is 6.82. The van der Waals surface area contributed by atoms with Crippen LogP contribution in [0.4, 0.5) is 5.69 Å². The molecule has 0 aliphatic heterocycles. The lowest BCUT2D eigenvalue weighted by atomic mass is 10.0. The molecule has 0 aliphatic carbocycles. The third-order valence-electron chi connectivity index (χ3n) is 10.3. The van der Waals surface area contributed by atoms with Crippen LogP contribution in [0.25, 0.3) is 22.3 Å². The highest BCUT2D eigenvalue weighted by Gasteiger charge is 2.27. The zero-order valence-electron chi connectivity index (χ0n) is 35.1. The Labute approximate surface area is 360 Å². The van der Waals surface area contributed by atoms with Gasteiger partial charge in [-0.3, -0.25) is 10.1 Å². The summed E-state index contributed by atoms with van der Waals surface area (Å²) in [5.74, 6) is -0.687. The molecule has 9 heteroatoms. The fourth-order valence-corrected chi connectivity index (χ4v) is 6.82. The van der Waals surface area contributed by atoms with Crippen LogP contribution in [0.1, 0.15) is 111 Å². The van der Waals surface area contributed by atoms with Gasteiger partial charge in [-0.15, -0.1) is 13.2 Å². The van der Waals surface area contributed by atoms with Crippen LogP contribution in [0.2, 0.25) is 0 Å². The molecule has 0 N–H and O–H groups in total. The van der Waals surface area contributed by atoms with Gasteiger partial charge in [-0.05, 0) is 121 Å². The van der Waals surface area contributed by atoms with Gasteiger partial charge in [-0.2, -0.15) is 0 Å². The summed E-state index contributed by atoms with van der Waals surface area (Å²) in [5, 5.41) is 12.2. The number of nitro groups is 1. The third kappa shape index (κ3) is 14.9. The van der Waals surface area contributed by atoms with Crippen LogP contribution < -0.4 is 18.9 Å². The predicted octanol–water partition coefficient (Wildman–Crippen LogP) is 14.0. The van der Waals surface area contributed by atoms with Crippen LogP contribution >= 0.6 is 0 Å². The molecule has 0 aliphatic rings. The minimum absolute atomic E-state index is 0.194. The van der Waals surface area contributed by atoms with Crippen LogP contribution in [0.3, 0.4) is 0 Å². The van der Waals surface area contributed by atoms with Crippen LogP contribution in [-0.2, 0) is 0 Å². The van der Waals surface area contributed by atoms with E-state index in [1.54, 1.807) is 48.5 Å². The Hall–Kier alpha value is -6.48. The second kappa shape index (κ2) is 25.2. The van der Waals surface area contributed by atoms with Crippen molar-refractivity contribution < 1.29 is 33.5 Å². The number of benzene rings is 5. The molecule has 0 atom stereocenters. The predicted molar refractivity (Wildman–Crippen MR) is 243 cm³/mol. The van der Waals surface area contributed by atoms with Gasteiger partial charge in [0, 0.05) is 0 Å². The number of unbranched alkanes of at least 4 members (excludes halogenated alkanes) is 12. The summed E-state index contributed by atoms with van der Waals surface area (Å²) in [6.07, 6.45) is 20.3. The third-order valence-corrected chi connectivity index (χ3v) is 10.3. The van der Waals surface area contributed by atoms with Crippen LogP contribution in [0, 0.1) is 10.1 Å². The molecular formula is C52H57NO8. The Morgan fingerprint density at radius 1 is 0.475 bits per heavy atom. The fraction of sp³-hybridized carbons (Fsp3) is 0.308. The molecule has 5 aromatic rings. The maximum absolute atomic E-state index is 13.2. The summed E-state index contributed by atoms with van der Waals surface area (Å²) in [6, 6.07) is 33.0. The normalized spacial score (nSPS) is 10.8. The molecule has 0 aromatic heterocycles. The average Bonchev–Trinajstić information content (AvgIpc) is 3.28. The Balaban J connectivity index is 1.10. The first-order valence-electron chi connectivity index (χ1n) is 21.5. The number of carbonyl (C=O) groups excluding carboxylic acids is 2. The SMILES string of the molecule is C=CCCCCCCCCOc1ccc(-c2ccc(C(=O)Oc3cccc(OC(=O)c4ccc(-c5ccc(OCCCCCCCCC=C)cc5)cc4)c3[N+](=O)[O-])cc2)cc1. The molecule has 5 aromatic carbocycles. The minimum Gasteiger partial charge on any atom is -0.494 e. The van der Waals surface area contributed by atoms with Crippen LogP contribution in [0.5, 0.6) is 23.0 Å². The molecule has 0 radical (unpaired) electrons. The van der Waals surface area contributed by atoms with E-state index in [9.17, 15) is 19.7 Å². The summed E-state index contributed by atoms with van der Waals surface area (Å²) >= 11 is 0. The van der Waals surface area contributed by atoms with E-state index >= 15 is 0 Å². The average molecular weight is 824 g/mol. The lowest BCUT2D eigenvalue weighted by Gasteiger charge is -2.10. The van der Waals surface area contributed by atoms with Crippen molar-refractivity contribution in [1.82, 2.24) is 0 Å². The number of esters is 2. The first kappa shape index (κ1) is 45.6. The maximum atomic E-state index is 13.2. The van der Waals surface area contributed by atoms with Crippen LogP contribution in [-0.4, -0.2) is 30.1 Å². The summed E-state index contributed by atoms with van der Waals surface area (Å²) < 4.78 is 22.8. The van der Waals surface area contributed by atoms with Crippen molar-refractivity contribution in [2.24, 2.45) is 0 Å². The van der Waals surface area contributed by atoms with Gasteiger partial charge in [-0.1, -0.05) is 118 Å². The molecule has 0 bridgehead atoms. The number of rotatable bonds is 27. The lowest BCUT2D eigenvalue weighted by molar-refractivity contribution is -0.386. The number of hydrogen-bond acceptors (Lipinski definition) is 8. The van der Waals surface area contributed by atoms with Gasteiger partial charge in [0.1, 0.15) is 11.5 Å². The molecule has 0 saturated heterocycles. The van der Waals surface area contributed by atoms with Crippen molar-refractivity contribution in [3.8, 4) is 45.3 Å². The molecule has 0 amide bonds. The highest BCUT2D eigenvalue weighted by molar-refractivity contribution is 5.94. The van der Waals surface area contributed by atoms with E-state index in [1.807, 2.05) is 60.7 Å². The largest absolute Gasteiger partial charge is 0.494 e. The summed E-state index contributed by atoms with van der Waals surface area (Å²) in [5.41, 5.74) is 3.37. The highest BCUT2D eigenvalue weighted by atomic mass is 16.6. The van der Waals surface area contributed by atoms with E-state index in [2.05, 4.69) is 13.2 Å². The van der Waals surface area contributed by atoms with Crippen molar-refractivity contribution in [3.05, 3.63) is 162 Å². The zero-order valence-corrected chi connectivity index (χ0v) is 35.1. The first-order chi connectivity index (χ1) is 29.9. The number of allylic oxidation sites excluding steroid dienone is 2. The smallest absolute Gasteiger partial charge is 0.353 e. The Morgan fingerprint density at radius 3 is 1.15 bits per heavy atom. The summed E-state index contributed by atoms with van der Waals surface area (Å²) in [6.45, 7) is 8.88. The lowest BCUT2D eigenvalue weighted by Crippen LogP contribution is -2.12. The van der Waals surface area contributed by atoms with Gasteiger partial charge in [0.05, 0.1) is 29.3 Å². The van der Waals surface area contributed by atoms with Crippen molar-refractivity contribution in [2.45, 2.75) is 89.9 Å². The molecule has 318 valence electrons. The van der Waals surface area contributed by atoms with Crippen molar-refractivity contribution in [3.63, 3.8) is 0 Å². The maximum Gasteiger partial charge on any atom is 0.353 e. The molecule has 0 heterocycles. The van der Waals surface area contributed by atoms with Crippen LogP contribution in [0.15, 0.2) is 141 Å². The molecule has 0 saturated carbocycles. The number of para-hydroxylation sites is 1. The van der Waals surface area contributed by atoms with E-state index in [1.165, 1.54) is 69.6 Å². The zero-order chi connectivity index (χ0) is 43.1. The van der Waals surface area contributed by atoms with Gasteiger partial charge in [-0.25, -0.2) is 9.59 Å². The number of ether oxygens (including phenoxy) is 4. The van der Waals surface area contributed by atoms with Gasteiger partial charge in [0.25, 0.3) is 0 Å². The molecule has 0 unspecified atom stereocenters. The van der Waals surface area contributed by atoms with E-state index in [0.717, 1.165) is 72.3 Å². The first-order valence-corrected chi connectivity index (χ1v) is 21.5. The van der Waals surface area contributed by atoms with Gasteiger partial charge >= 0.3 is 17.6 Å². The van der Waals surface area contributed by atoms with Crippen molar-refractivity contribution >= 4 is 17.6 Å². The Kier molecular flexibility index (Phi) is 18.8. The van der Waals surface area contributed by atoms with E-state index in [0.29, 0.717) is 13.2 Å². The summed E-state index contributed by atoms with van der Waals surface area (Å²) in [4.78, 5) is 37.8. The standard InChI is InChI=1S/C52H57NO8/c1-3-5-7-9-11-13-15-17-38-58-46-34-30-42(31-35-46)40-22-26-44(27-23-40)51(54)60-48-20-19-21-49(50(48)53(56)57)61-52(55)45-28-24-41(25-29-45)43-32-36-47(37-33-43)59-39-18-16-14-12-10-8-6-4-2/h3-4,19-37H,1-2,5-18,38-39H2. The molecule has 0 spiro atoms. The van der Waals surface area contributed by atoms with Gasteiger partial charge < -0.3 is 18.9 Å². The Morgan fingerprint density at radius 2 is 0.803 bits per heavy atom. The number of carbonyl (C=O) groups is 2. The number of nitro benzene ring substituents is 1. The number of hydrogen-bond donors (Lipinski definition) is 0. The molecule has 9 nitrogen and oxygen atoms in total. The monoisotopic (exact) mass is 823 g/mol. The highest BCUT2D eigenvalue weighted by Crippen LogP contribution is 2.38. The summed E-state index contributed by atoms with van der Waals surface area (Å²) in [7, 11) is 0. The molecule has 61 heavy (non-hydrogen) atoms. The quantitative estimate of drug-likeness (QED) is 0.0128. The second-order valence-corrected chi connectivity index (χ2v) is 14.9. The molecule has 0 fully saturated rings. The molecule has 5 rings (SSSR count). The topological polar surface area (TPSA) is 114 Å². The van der Waals surface area contributed by atoms with Crippen molar-refractivity contribution in [2.75, 3.05) is 13.2 Å². The van der Waals surface area contributed by atoms with Crippen molar-refractivity contribution in [1.29, 1.82) is 0 Å². The Bertz CT molecular complexity index is 2000. The van der Waals surface area contributed by atoms with E-state index < -0.39 is 22.5 Å². The van der Waals surface area contributed by atoms with E-state index in [4.69, 9.17) is 18.9 Å². The number of nitrogens with zero attached hydrogens (tertiary/aromatic N) is 1. The van der Waals surface area contributed by atoms with Gasteiger partial charge in [0.2, 0.25) is 11.5 Å². The van der Waals surface area contributed by atoms with Gasteiger partial charge in [0.15, 0.2) is 0 Å². The molecular weight excluding hydrogens is 767 g/mol. The minimum atomic E-state index is -0.796. The van der Waals surface area contributed by atoms with E-state index in [-0.39, 0.29) is 22.6 Å².